The van der Waals surface area contributed by atoms with Crippen LogP contribution in [0.3, 0.4) is 0 Å². The minimum atomic E-state index is -4.90. The van der Waals surface area contributed by atoms with Gasteiger partial charge in [0.25, 0.3) is 0 Å². The van der Waals surface area contributed by atoms with Gasteiger partial charge in [-0.25, -0.2) is 0 Å². The maximum atomic E-state index is 12.9. The third-order valence-corrected chi connectivity index (χ3v) is 3.75. The van der Waals surface area contributed by atoms with E-state index < -0.39 is 23.5 Å². The number of hydrogen-bond donors (Lipinski definition) is 2. The third kappa shape index (κ3) is 6.99. The van der Waals surface area contributed by atoms with Gasteiger partial charge in [-0.2, -0.15) is 26.3 Å². The molecular weight excluding hydrogens is 380 g/mol. The van der Waals surface area contributed by atoms with Crippen LogP contribution in [0.4, 0.5) is 32.0 Å². The predicted molar refractivity (Wildman–Crippen MR) is 93.0 cm³/mol. The zero-order chi connectivity index (χ0) is 20.3. The van der Waals surface area contributed by atoms with E-state index in [1.807, 2.05) is 32.8 Å². The van der Waals surface area contributed by atoms with Crippen molar-refractivity contribution in [3.63, 3.8) is 0 Å². The highest BCUT2D eigenvalue weighted by Gasteiger charge is 2.37. The highest BCUT2D eigenvalue weighted by atomic mass is 32.1. The van der Waals surface area contributed by atoms with Crippen LogP contribution >= 0.6 is 12.2 Å². The van der Waals surface area contributed by atoms with Crippen LogP contribution < -0.4 is 10.6 Å². The van der Waals surface area contributed by atoms with E-state index in [4.69, 9.17) is 12.2 Å². The van der Waals surface area contributed by atoms with Crippen LogP contribution in [0.5, 0.6) is 0 Å². The molecule has 1 rings (SSSR count). The molecule has 26 heavy (non-hydrogen) atoms. The van der Waals surface area contributed by atoms with Crippen LogP contribution in [0.15, 0.2) is 18.2 Å². The van der Waals surface area contributed by atoms with Gasteiger partial charge in [0.2, 0.25) is 0 Å². The zero-order valence-electron chi connectivity index (χ0n) is 14.7. The Morgan fingerprint density at radius 1 is 1.00 bits per heavy atom. The Morgan fingerprint density at radius 3 is 1.81 bits per heavy atom. The lowest BCUT2D eigenvalue weighted by molar-refractivity contribution is -0.143. The summed E-state index contributed by atoms with van der Waals surface area (Å²) in [4.78, 5) is 1.90. The SMILES string of the molecule is CC(C)[C@H](CN(C)C)NC(=S)Nc1cc(C(F)(F)F)cc(C(F)(F)F)c1. The Morgan fingerprint density at radius 2 is 1.46 bits per heavy atom. The molecule has 1 aromatic rings. The van der Waals surface area contributed by atoms with Gasteiger partial charge in [0.05, 0.1) is 11.1 Å². The maximum absolute atomic E-state index is 12.9. The van der Waals surface area contributed by atoms with Crippen molar-refractivity contribution >= 4 is 23.0 Å². The van der Waals surface area contributed by atoms with E-state index in [9.17, 15) is 26.3 Å². The zero-order valence-corrected chi connectivity index (χ0v) is 15.5. The number of rotatable bonds is 5. The van der Waals surface area contributed by atoms with E-state index in [0.29, 0.717) is 18.7 Å². The molecule has 0 bridgehead atoms. The Hall–Kier alpha value is -1.55. The highest BCUT2D eigenvalue weighted by molar-refractivity contribution is 7.80. The molecule has 0 radical (unpaired) electrons. The summed E-state index contributed by atoms with van der Waals surface area (Å²) in [6.07, 6.45) is -9.81. The summed E-state index contributed by atoms with van der Waals surface area (Å²) >= 11 is 5.05. The fraction of sp³-hybridized carbons (Fsp3) is 0.562. The van der Waals surface area contributed by atoms with E-state index in [0.717, 1.165) is 0 Å². The molecule has 0 spiro atoms. The summed E-state index contributed by atoms with van der Waals surface area (Å²) in [7, 11) is 3.69. The van der Waals surface area contributed by atoms with Crippen molar-refractivity contribution in [2.24, 2.45) is 5.92 Å². The van der Waals surface area contributed by atoms with Crippen LogP contribution in [0, 0.1) is 5.92 Å². The maximum Gasteiger partial charge on any atom is 0.416 e. The number of hydrogen-bond acceptors (Lipinski definition) is 2. The normalized spacial score (nSPS) is 13.8. The number of halogens is 6. The van der Waals surface area contributed by atoms with Gasteiger partial charge >= 0.3 is 12.4 Å². The Bertz CT molecular complexity index is 593. The second-order valence-corrected chi connectivity index (χ2v) is 6.91. The van der Waals surface area contributed by atoms with Gasteiger partial charge < -0.3 is 15.5 Å². The first-order chi connectivity index (χ1) is 11.7. The lowest BCUT2D eigenvalue weighted by Gasteiger charge is -2.27. The number of thiocarbonyl (C=S) groups is 1. The van der Waals surface area contributed by atoms with Crippen LogP contribution in [0.2, 0.25) is 0 Å². The second-order valence-electron chi connectivity index (χ2n) is 6.51. The van der Waals surface area contributed by atoms with Gasteiger partial charge in [0, 0.05) is 18.3 Å². The molecule has 0 aliphatic rings. The molecule has 148 valence electrons. The first-order valence-electron chi connectivity index (χ1n) is 7.72. The van der Waals surface area contributed by atoms with Crippen molar-refractivity contribution in [2.75, 3.05) is 26.0 Å². The fourth-order valence-electron chi connectivity index (χ4n) is 2.18. The summed E-state index contributed by atoms with van der Waals surface area (Å²) in [6.45, 7) is 4.45. The topological polar surface area (TPSA) is 27.3 Å². The molecule has 0 aliphatic carbocycles. The molecule has 2 N–H and O–H groups in total. The first kappa shape index (κ1) is 22.5. The standard InChI is InChI=1S/C16H21F6N3S/c1-9(2)13(8-25(3)4)24-14(26)23-12-6-10(15(17,18)19)5-11(7-12)16(20,21)22/h5-7,9,13H,8H2,1-4H3,(H2,23,24,26)/t13-/m0/s1. The van der Waals surface area contributed by atoms with E-state index in [1.54, 1.807) is 0 Å². The molecule has 0 unspecified atom stereocenters. The monoisotopic (exact) mass is 401 g/mol. The van der Waals surface area contributed by atoms with Crippen LogP contribution in [-0.4, -0.2) is 36.7 Å². The van der Waals surface area contributed by atoms with E-state index in [-0.39, 0.29) is 28.8 Å². The van der Waals surface area contributed by atoms with Crippen LogP contribution in [-0.2, 0) is 12.4 Å². The van der Waals surface area contributed by atoms with Crippen LogP contribution in [0.1, 0.15) is 25.0 Å². The Labute approximate surface area is 153 Å². The largest absolute Gasteiger partial charge is 0.416 e. The molecule has 0 fully saturated rings. The lowest BCUT2D eigenvalue weighted by atomic mass is 10.0. The fourth-order valence-corrected chi connectivity index (χ4v) is 2.45. The van der Waals surface area contributed by atoms with E-state index in [1.165, 1.54) is 0 Å². The Kier molecular flexibility index (Phi) is 7.29. The van der Waals surface area contributed by atoms with Crippen LogP contribution in [0.25, 0.3) is 0 Å². The average Bonchev–Trinajstić information content (AvgIpc) is 2.43. The van der Waals surface area contributed by atoms with Crippen molar-refractivity contribution in [1.29, 1.82) is 0 Å². The summed E-state index contributed by atoms with van der Waals surface area (Å²) in [5, 5.41) is 5.31. The molecule has 0 saturated carbocycles. The number of nitrogens with zero attached hydrogens (tertiary/aromatic N) is 1. The average molecular weight is 401 g/mol. The van der Waals surface area contributed by atoms with E-state index >= 15 is 0 Å². The highest BCUT2D eigenvalue weighted by Crippen LogP contribution is 2.37. The van der Waals surface area contributed by atoms with Gasteiger partial charge in [0.15, 0.2) is 5.11 Å². The molecular formula is C16H21F6N3S. The minimum absolute atomic E-state index is 0.0435. The molecule has 0 aromatic heterocycles. The summed E-state index contributed by atoms with van der Waals surface area (Å²) < 4.78 is 77.3. The van der Waals surface area contributed by atoms with Gasteiger partial charge in [-0.15, -0.1) is 0 Å². The molecule has 0 aliphatic heterocycles. The third-order valence-electron chi connectivity index (χ3n) is 3.53. The smallest absolute Gasteiger partial charge is 0.358 e. The molecule has 0 heterocycles. The molecule has 0 amide bonds. The quantitative estimate of drug-likeness (QED) is 0.557. The lowest BCUT2D eigenvalue weighted by Crippen LogP contribution is -2.46. The number of alkyl halides is 6. The van der Waals surface area contributed by atoms with Crippen molar-refractivity contribution < 1.29 is 26.3 Å². The minimum Gasteiger partial charge on any atom is -0.358 e. The first-order valence-corrected chi connectivity index (χ1v) is 8.12. The number of anilines is 1. The molecule has 10 heteroatoms. The Balaban J connectivity index is 3.06. The van der Waals surface area contributed by atoms with Gasteiger partial charge in [-0.05, 0) is 50.4 Å². The molecule has 3 nitrogen and oxygen atoms in total. The number of likely N-dealkylation sites (N-methyl/N-ethyl adjacent to an activating group) is 1. The van der Waals surface area contributed by atoms with Gasteiger partial charge in [0.1, 0.15) is 0 Å². The molecule has 0 saturated heterocycles. The van der Waals surface area contributed by atoms with E-state index in [2.05, 4.69) is 10.6 Å². The summed E-state index contributed by atoms with van der Waals surface area (Å²) in [5.41, 5.74) is -3.17. The van der Waals surface area contributed by atoms with Gasteiger partial charge in [-0.3, -0.25) is 0 Å². The number of benzene rings is 1. The van der Waals surface area contributed by atoms with Crippen molar-refractivity contribution in [2.45, 2.75) is 32.2 Å². The molecule has 1 aromatic carbocycles. The molecule has 1 atom stereocenters. The second kappa shape index (κ2) is 8.43. The summed E-state index contributed by atoms with van der Waals surface area (Å²) in [6, 6.07) is 1.14. The van der Waals surface area contributed by atoms with Crippen molar-refractivity contribution in [3.05, 3.63) is 29.3 Å². The summed E-state index contributed by atoms with van der Waals surface area (Å²) in [5.74, 6) is 0.143. The van der Waals surface area contributed by atoms with Gasteiger partial charge in [-0.1, -0.05) is 13.8 Å². The predicted octanol–water partition coefficient (Wildman–Crippen LogP) is 4.60. The van der Waals surface area contributed by atoms with Crippen molar-refractivity contribution in [1.82, 2.24) is 10.2 Å². The van der Waals surface area contributed by atoms with Crippen molar-refractivity contribution in [3.8, 4) is 0 Å². The number of nitrogens with one attached hydrogen (secondary N) is 2.